The summed E-state index contributed by atoms with van der Waals surface area (Å²) in [6.07, 6.45) is 20.3. The van der Waals surface area contributed by atoms with Crippen LogP contribution in [-0.4, -0.2) is 67.2 Å². The first-order valence-electron chi connectivity index (χ1n) is 36.4. The Morgan fingerprint density at radius 2 is 0.657 bits per heavy atom. The number of urea groups is 1. The molecule has 1 aliphatic heterocycles. The molecular weight excluding hydrogens is 1470 g/mol. The van der Waals surface area contributed by atoms with Gasteiger partial charge in [0.15, 0.2) is 0 Å². The average molecular weight is 1580 g/mol. The number of hydrogen-bond acceptors (Lipinski definition) is 5. The zero-order valence-corrected chi connectivity index (χ0v) is 69.6. The Morgan fingerprint density at radius 3 is 0.943 bits per heavy atom. The third-order valence-corrected chi connectivity index (χ3v) is 33.9. The Bertz CT molecular complexity index is 3720. The van der Waals surface area contributed by atoms with Gasteiger partial charge in [-0.3, -0.25) is 4.79 Å². The van der Waals surface area contributed by atoms with E-state index in [0.29, 0.717) is 23.3 Å². The molecule has 3 amide bonds. The van der Waals surface area contributed by atoms with E-state index in [-0.39, 0.29) is 115 Å². The summed E-state index contributed by atoms with van der Waals surface area (Å²) in [5.41, 5.74) is 3.76. The van der Waals surface area contributed by atoms with Gasteiger partial charge in [-0.25, -0.2) is 17.9 Å². The molecule has 4 N–H and O–H groups in total. The number of sulfonamides is 1. The van der Waals surface area contributed by atoms with Gasteiger partial charge in [-0.15, -0.1) is 0 Å². The van der Waals surface area contributed by atoms with Crippen molar-refractivity contribution >= 4 is 96.1 Å². The number of aryl methyl sites for hydroxylation is 1. The predicted octanol–water partition coefficient (Wildman–Crippen LogP) is 18.5. The molecule has 8 nitrogen and oxygen atoms in total. The van der Waals surface area contributed by atoms with Gasteiger partial charge in [0.1, 0.15) is 0 Å². The fourth-order valence-electron chi connectivity index (χ4n) is 15.8. The summed E-state index contributed by atoms with van der Waals surface area (Å²) in [5.74, 6) is 0.986. The molecule has 9 aromatic rings. The Balaban J connectivity index is 0.000000255. The monoisotopic (exact) mass is 1580 g/mol. The molecule has 4 unspecified atom stereocenters. The first-order chi connectivity index (χ1) is 48.4. The standard InChI is InChI=1S/C27H31N2O3PS.C25H33N2OP.2C17H19P.4CH3.2Fe/c1-20-16-18-24(19-17-20)34(31,32)29-27(30)28-21(2)25-14-9-15-26(25)33(22-10-5-3-6-11-22)23-12-7-4-8-13-23;1-18-16-17-23(26-18)25(28)27-19(2)22-14-9-15-24(22)29(20-10-5-3-6-11-20)21-12-7-4-8-13-21;2*1-3-9-15(10-4-1)18(17-13-7-8-14-17)16-11-5-2-6-12-16;;;;;;/h3-8,10-13,16-19,21,25-26H,9,14-15H2,1-2H3,(H2,28,29,30);3-8,10-13,18-19,22-24,26H,9,14-17H2,1-2H3,(H,27,28);2*1-6,9-12,17H,7-8,13-14H2;4*1H3;;/q;;;;4*-1;2*+2/t21-,25?,26?;18-,19+,22?,23+,24?;;;;;;;;/m10......../s1. The molecule has 1 heterocycles. The summed E-state index contributed by atoms with van der Waals surface area (Å²) in [5, 5.41) is 21.5. The van der Waals surface area contributed by atoms with Crippen LogP contribution in [-0.2, 0) is 49.0 Å². The Morgan fingerprint density at radius 1 is 0.371 bits per heavy atom. The largest absolute Gasteiger partial charge is 2.00 e. The molecule has 0 spiro atoms. The van der Waals surface area contributed by atoms with E-state index in [4.69, 9.17) is 0 Å². The minimum atomic E-state index is -3.92. The van der Waals surface area contributed by atoms with Crippen LogP contribution >= 0.6 is 31.7 Å². The van der Waals surface area contributed by atoms with E-state index in [0.717, 1.165) is 49.0 Å². The summed E-state index contributed by atoms with van der Waals surface area (Å²) in [7, 11) is -5.26. The van der Waals surface area contributed by atoms with Gasteiger partial charge in [0.05, 0.1) is 10.9 Å². The van der Waals surface area contributed by atoms with Crippen LogP contribution in [0.5, 0.6) is 0 Å². The van der Waals surface area contributed by atoms with Gasteiger partial charge >= 0.3 is 40.2 Å². The van der Waals surface area contributed by atoms with Crippen molar-refractivity contribution in [1.29, 1.82) is 0 Å². The molecule has 9 aromatic carbocycles. The fourth-order valence-corrected chi connectivity index (χ4v) is 29.3. The van der Waals surface area contributed by atoms with Crippen LogP contribution in [0.3, 0.4) is 0 Å². The zero-order chi connectivity index (χ0) is 68.8. The molecule has 4 aliphatic carbocycles. The minimum Gasteiger partial charge on any atom is -0.358 e. The molecule has 8 atom stereocenters. The summed E-state index contributed by atoms with van der Waals surface area (Å²) in [4.78, 5) is 25.6. The fraction of sp³-hybridized carbons (Fsp3) is 0.333. The van der Waals surface area contributed by atoms with Gasteiger partial charge in [0.25, 0.3) is 10.0 Å². The van der Waals surface area contributed by atoms with Crippen LogP contribution < -0.4 is 63.1 Å². The number of carbonyl (C=O) groups excluding carboxylic acids is 2. The Kier molecular flexibility index (Phi) is 39.5. The maximum absolute atomic E-state index is 12.8. The van der Waals surface area contributed by atoms with Crippen molar-refractivity contribution in [3.8, 4) is 0 Å². The number of carbonyl (C=O) groups is 2. The molecule has 4 saturated carbocycles. The smallest absolute Gasteiger partial charge is 0.358 e. The van der Waals surface area contributed by atoms with Crippen LogP contribution in [0.4, 0.5) is 4.79 Å². The number of amides is 3. The number of benzene rings is 9. The number of hydrogen-bond donors (Lipinski definition) is 4. The van der Waals surface area contributed by atoms with E-state index in [2.05, 4.69) is 265 Å². The first kappa shape index (κ1) is 90.0. The second-order valence-corrected chi connectivity index (χ2v) is 39.1. The minimum absolute atomic E-state index is 0. The molecule has 5 aliphatic rings. The van der Waals surface area contributed by atoms with Gasteiger partial charge in [0, 0.05) is 18.1 Å². The van der Waals surface area contributed by atoms with Crippen molar-refractivity contribution < 1.29 is 52.1 Å². The Labute approximate surface area is 660 Å². The van der Waals surface area contributed by atoms with E-state index in [9.17, 15) is 18.0 Å². The van der Waals surface area contributed by atoms with Gasteiger partial charge in [-0.1, -0.05) is 299 Å². The van der Waals surface area contributed by atoms with E-state index >= 15 is 0 Å². The van der Waals surface area contributed by atoms with Crippen molar-refractivity contribution in [2.45, 2.75) is 182 Å². The van der Waals surface area contributed by atoms with E-state index in [1.807, 2.05) is 26.0 Å². The van der Waals surface area contributed by atoms with Gasteiger partial charge < -0.3 is 45.7 Å². The van der Waals surface area contributed by atoms with Crippen molar-refractivity contribution in [1.82, 2.24) is 20.7 Å². The molecule has 105 heavy (non-hydrogen) atoms. The normalized spacial score (nSPS) is 19.4. The molecule has 5 fully saturated rings. The van der Waals surface area contributed by atoms with Crippen LogP contribution in [0.15, 0.2) is 272 Å². The Hall–Kier alpha value is -5.61. The maximum atomic E-state index is 12.8. The molecule has 1 saturated heterocycles. The van der Waals surface area contributed by atoms with Crippen molar-refractivity contribution in [3.05, 3.63) is 302 Å². The number of rotatable bonds is 19. The molecule has 0 radical (unpaired) electrons. The molecule has 0 bridgehead atoms. The third kappa shape index (κ3) is 25.2. The van der Waals surface area contributed by atoms with E-state index < -0.39 is 31.9 Å². The van der Waals surface area contributed by atoms with Gasteiger partial charge in [0.2, 0.25) is 5.91 Å². The third-order valence-electron chi connectivity index (χ3n) is 20.6. The van der Waals surface area contributed by atoms with Crippen LogP contribution in [0.1, 0.15) is 129 Å². The second-order valence-electron chi connectivity index (χ2n) is 27.5. The summed E-state index contributed by atoms with van der Waals surface area (Å²) in [6, 6.07) is 94.0. The van der Waals surface area contributed by atoms with Crippen LogP contribution in [0.25, 0.3) is 0 Å². The van der Waals surface area contributed by atoms with Crippen molar-refractivity contribution in [2.75, 3.05) is 0 Å². The van der Waals surface area contributed by atoms with Crippen molar-refractivity contribution in [2.24, 2.45) is 11.8 Å². The number of nitrogens with one attached hydrogen (secondary N) is 4. The van der Waals surface area contributed by atoms with E-state index in [1.165, 1.54) is 104 Å². The summed E-state index contributed by atoms with van der Waals surface area (Å²) in [6.45, 7) is 8.26. The van der Waals surface area contributed by atoms with Crippen molar-refractivity contribution in [3.63, 3.8) is 0 Å². The first-order valence-corrected chi connectivity index (χ1v) is 43.5. The molecule has 0 aromatic heterocycles. The molecule has 560 valence electrons. The quantitative estimate of drug-likeness (QED) is 0.0366. The molecule has 14 rings (SSSR count). The topological polar surface area (TPSA) is 116 Å². The zero-order valence-electron chi connectivity index (χ0n) is 63.0. The summed E-state index contributed by atoms with van der Waals surface area (Å²) < 4.78 is 27.4. The molecule has 15 heteroatoms. The average Bonchev–Trinajstić information content (AvgIpc) is 1.76. The molecular formula is C90H114Fe2N4O4P4S. The van der Waals surface area contributed by atoms with Gasteiger partial charge in [-0.05, 0) is 213 Å². The van der Waals surface area contributed by atoms with Crippen LogP contribution in [0.2, 0.25) is 0 Å². The second kappa shape index (κ2) is 46.0. The van der Waals surface area contributed by atoms with Gasteiger partial charge in [-0.2, -0.15) is 0 Å². The SMILES string of the molecule is C[C@H]1CC[C@H](C(=O)N[C@H](C)C2CCCC2P(c2ccccc2)c2ccccc2)N1.Cc1ccc(S(=O)(=O)NC(=O)N[C@H](C)C2CCCC2P(c2ccccc2)c2ccccc2)cc1.[CH3-].[CH3-].[CH3-].[CH3-].[Fe+2].[Fe+2].c1ccc(P(c2ccccc2)C2CCCC2)cc1.c1ccc(P(c2ccccc2)C2CCCC2)cc1. The van der Waals surface area contributed by atoms with Crippen LogP contribution in [0, 0.1) is 48.5 Å². The predicted molar refractivity (Wildman–Crippen MR) is 451 cm³/mol. The van der Waals surface area contributed by atoms with E-state index in [1.54, 1.807) is 33.4 Å². The maximum Gasteiger partial charge on any atom is 2.00 e. The summed E-state index contributed by atoms with van der Waals surface area (Å²) >= 11 is 0.